The minimum Gasteiger partial charge on any atom is -0.462 e. The maximum Gasteiger partial charge on any atom is 0.338 e. The number of carbonyl (C=O) groups excluding carboxylic acids is 2. The molecule has 1 aliphatic carbocycles. The molecule has 1 aliphatic rings. The zero-order valence-electron chi connectivity index (χ0n) is 18.1. The van der Waals surface area contributed by atoms with E-state index in [1.807, 2.05) is 24.3 Å². The molecule has 1 atom stereocenters. The maximum absolute atomic E-state index is 12.4. The maximum atomic E-state index is 12.4. The van der Waals surface area contributed by atoms with Crippen molar-refractivity contribution >= 4 is 20.1 Å². The molecule has 0 N–H and O–H groups in total. The highest BCUT2D eigenvalue weighted by Gasteiger charge is 2.40. The molecule has 2 rings (SSSR count). The van der Waals surface area contributed by atoms with Crippen molar-refractivity contribution in [2.24, 2.45) is 0 Å². The van der Waals surface area contributed by atoms with Gasteiger partial charge in [0.1, 0.15) is 0 Å². The number of hydrogen-bond acceptors (Lipinski definition) is 4. The van der Waals surface area contributed by atoms with E-state index in [9.17, 15) is 9.59 Å². The van der Waals surface area contributed by atoms with Crippen molar-refractivity contribution < 1.29 is 18.8 Å². The van der Waals surface area contributed by atoms with E-state index < -0.39 is 8.32 Å². The number of ketones is 1. The summed E-state index contributed by atoms with van der Waals surface area (Å²) in [7, 11) is -1.88. The summed E-state index contributed by atoms with van der Waals surface area (Å²) in [5.74, 6) is -0.0763. The third-order valence-corrected chi connectivity index (χ3v) is 10.2. The molecular weight excluding hydrogens is 368 g/mol. The molecule has 0 fully saturated rings. The summed E-state index contributed by atoms with van der Waals surface area (Å²) in [5.41, 5.74) is 2.56. The first-order chi connectivity index (χ1) is 13.0. The Balaban J connectivity index is 1.91. The molecule has 154 valence electrons. The quantitative estimate of drug-likeness (QED) is 0.427. The Labute approximate surface area is 170 Å². The second kappa shape index (κ2) is 9.18. The van der Waals surface area contributed by atoms with Crippen LogP contribution in [-0.2, 0) is 20.4 Å². The molecule has 1 aromatic rings. The summed E-state index contributed by atoms with van der Waals surface area (Å²) in [6.07, 6.45) is 4.88. The molecular formula is C23H34O4Si. The lowest BCUT2D eigenvalue weighted by molar-refractivity contribution is -0.115. The lowest BCUT2D eigenvalue weighted by Crippen LogP contribution is -2.43. The molecule has 0 unspecified atom stereocenters. The molecule has 0 radical (unpaired) electrons. The molecule has 0 bridgehead atoms. The van der Waals surface area contributed by atoms with Gasteiger partial charge in [0.25, 0.3) is 0 Å². The zero-order valence-corrected chi connectivity index (χ0v) is 19.1. The van der Waals surface area contributed by atoms with Gasteiger partial charge in [-0.25, -0.2) is 4.79 Å². The standard InChI is InChI=1S/C23H34O4Si/c1-7-26-22(25)19-13-9-11-17(14-19)10-8-12-18-15-20(16-21(18)24)27-28(5,6)23(2,3)4/h9,11,13-15,20H,7-8,10,12,16H2,1-6H3/t20-/m1/s1. The number of esters is 1. The number of hydrogen-bond donors (Lipinski definition) is 0. The number of aryl methyl sites for hydroxylation is 1. The van der Waals surface area contributed by atoms with Crippen LogP contribution in [0.5, 0.6) is 0 Å². The average Bonchev–Trinajstić information content (AvgIpc) is 2.93. The average molecular weight is 403 g/mol. The van der Waals surface area contributed by atoms with Crippen molar-refractivity contribution in [2.45, 2.75) is 77.6 Å². The summed E-state index contributed by atoms with van der Waals surface area (Å²) in [6, 6.07) is 7.54. The molecule has 0 saturated heterocycles. The number of rotatable bonds is 8. The molecule has 0 aliphatic heterocycles. The van der Waals surface area contributed by atoms with Crippen LogP contribution in [0.3, 0.4) is 0 Å². The van der Waals surface area contributed by atoms with Gasteiger partial charge in [-0.1, -0.05) is 32.9 Å². The van der Waals surface area contributed by atoms with Crippen LogP contribution in [0.1, 0.15) is 62.9 Å². The minimum absolute atomic E-state index is 0.0736. The van der Waals surface area contributed by atoms with Crippen LogP contribution in [0.25, 0.3) is 0 Å². The number of benzene rings is 1. The summed E-state index contributed by atoms with van der Waals surface area (Å²) < 4.78 is 11.4. The van der Waals surface area contributed by atoms with Crippen LogP contribution >= 0.6 is 0 Å². The molecule has 28 heavy (non-hydrogen) atoms. The Morgan fingerprint density at radius 1 is 1.21 bits per heavy atom. The lowest BCUT2D eigenvalue weighted by atomic mass is 10.0. The van der Waals surface area contributed by atoms with Gasteiger partial charge < -0.3 is 9.16 Å². The highest BCUT2D eigenvalue weighted by atomic mass is 28.4. The molecule has 0 saturated carbocycles. The Morgan fingerprint density at radius 2 is 1.93 bits per heavy atom. The van der Waals surface area contributed by atoms with Gasteiger partial charge >= 0.3 is 5.97 Å². The predicted octanol–water partition coefficient (Wildman–Crippen LogP) is 5.48. The van der Waals surface area contributed by atoms with Crippen LogP contribution in [0.4, 0.5) is 0 Å². The van der Waals surface area contributed by atoms with Crippen LogP contribution in [0.2, 0.25) is 18.1 Å². The molecule has 4 nitrogen and oxygen atoms in total. The summed E-state index contributed by atoms with van der Waals surface area (Å²) in [6.45, 7) is 13.3. The first kappa shape index (κ1) is 22.6. The van der Waals surface area contributed by atoms with Crippen LogP contribution in [0, 0.1) is 0 Å². The fraction of sp³-hybridized carbons (Fsp3) is 0.565. The van der Waals surface area contributed by atoms with Gasteiger partial charge in [0.15, 0.2) is 14.1 Å². The van der Waals surface area contributed by atoms with Gasteiger partial charge in [0.05, 0.1) is 18.3 Å². The largest absolute Gasteiger partial charge is 0.462 e. The Kier molecular flexibility index (Phi) is 7.40. The molecule has 0 amide bonds. The van der Waals surface area contributed by atoms with E-state index >= 15 is 0 Å². The molecule has 0 aromatic heterocycles. The molecule has 1 aromatic carbocycles. The van der Waals surface area contributed by atoms with Crippen molar-refractivity contribution in [3.8, 4) is 0 Å². The van der Waals surface area contributed by atoms with Gasteiger partial charge in [-0.3, -0.25) is 4.79 Å². The summed E-state index contributed by atoms with van der Waals surface area (Å²) in [4.78, 5) is 24.2. The van der Waals surface area contributed by atoms with Gasteiger partial charge in [-0.15, -0.1) is 0 Å². The van der Waals surface area contributed by atoms with Crippen molar-refractivity contribution in [1.29, 1.82) is 0 Å². The van der Waals surface area contributed by atoms with Crippen molar-refractivity contribution in [3.63, 3.8) is 0 Å². The van der Waals surface area contributed by atoms with Crippen LogP contribution in [0.15, 0.2) is 35.9 Å². The van der Waals surface area contributed by atoms with Crippen molar-refractivity contribution in [2.75, 3.05) is 6.61 Å². The Hall–Kier alpha value is -1.72. The normalized spacial score (nSPS) is 17.6. The number of carbonyl (C=O) groups is 2. The fourth-order valence-electron chi connectivity index (χ4n) is 3.09. The topological polar surface area (TPSA) is 52.6 Å². The molecule has 0 heterocycles. The van der Waals surface area contributed by atoms with E-state index in [1.165, 1.54) is 0 Å². The second-order valence-corrected chi connectivity index (χ2v) is 13.8. The van der Waals surface area contributed by atoms with E-state index in [1.54, 1.807) is 13.0 Å². The van der Waals surface area contributed by atoms with Crippen LogP contribution in [-0.4, -0.2) is 32.8 Å². The lowest BCUT2D eigenvalue weighted by Gasteiger charge is -2.37. The van der Waals surface area contributed by atoms with Gasteiger partial charge in [-0.2, -0.15) is 0 Å². The van der Waals surface area contributed by atoms with Crippen LogP contribution < -0.4 is 0 Å². The third kappa shape index (κ3) is 5.88. The first-order valence-electron chi connectivity index (χ1n) is 10.2. The highest BCUT2D eigenvalue weighted by molar-refractivity contribution is 6.74. The molecule has 5 heteroatoms. The Morgan fingerprint density at radius 3 is 2.57 bits per heavy atom. The predicted molar refractivity (Wildman–Crippen MR) is 115 cm³/mol. The number of allylic oxidation sites excluding steroid dienone is 1. The Bertz CT molecular complexity index is 743. The molecule has 0 spiro atoms. The van der Waals surface area contributed by atoms with E-state index in [-0.39, 0.29) is 22.9 Å². The summed E-state index contributed by atoms with van der Waals surface area (Å²) in [5, 5.41) is 0.135. The monoisotopic (exact) mass is 402 g/mol. The minimum atomic E-state index is -1.88. The zero-order chi connectivity index (χ0) is 20.9. The van der Waals surface area contributed by atoms with Crippen molar-refractivity contribution in [1.82, 2.24) is 0 Å². The van der Waals surface area contributed by atoms with Gasteiger partial charge in [-0.05, 0) is 73.7 Å². The van der Waals surface area contributed by atoms with E-state index in [0.717, 1.165) is 30.4 Å². The van der Waals surface area contributed by atoms with E-state index in [2.05, 4.69) is 33.9 Å². The highest BCUT2D eigenvalue weighted by Crippen LogP contribution is 2.39. The first-order valence-corrected chi connectivity index (χ1v) is 13.1. The fourth-order valence-corrected chi connectivity index (χ4v) is 4.36. The SMILES string of the molecule is CCOC(=O)c1cccc(CCCC2=C[C@@H](O[Si](C)(C)C(C)(C)C)CC2=O)c1. The van der Waals surface area contributed by atoms with Gasteiger partial charge in [0.2, 0.25) is 0 Å². The number of ether oxygens (including phenoxy) is 1. The summed E-state index contributed by atoms with van der Waals surface area (Å²) >= 11 is 0. The second-order valence-electron chi connectivity index (χ2n) is 9.01. The number of Topliss-reactive ketones (excluding diaryl/α,β-unsaturated/α-hetero) is 1. The third-order valence-electron chi connectivity index (χ3n) is 5.73. The van der Waals surface area contributed by atoms with E-state index in [4.69, 9.17) is 9.16 Å². The van der Waals surface area contributed by atoms with Crippen molar-refractivity contribution in [3.05, 3.63) is 47.0 Å². The van der Waals surface area contributed by atoms with E-state index in [0.29, 0.717) is 18.6 Å². The van der Waals surface area contributed by atoms with Gasteiger partial charge in [0, 0.05) is 6.42 Å². The smallest absolute Gasteiger partial charge is 0.338 e.